The predicted molar refractivity (Wildman–Crippen MR) is 57.3 cm³/mol. The molecule has 0 bridgehead atoms. The average molecular weight is 292 g/mol. The third kappa shape index (κ3) is 1.97. The molecule has 16 heavy (non-hydrogen) atoms. The molecule has 2 rings (SSSR count). The summed E-state index contributed by atoms with van der Waals surface area (Å²) >= 11 is 2.97. The molecule has 1 aromatic heterocycles. The van der Waals surface area contributed by atoms with Crippen molar-refractivity contribution in [2.75, 3.05) is 0 Å². The molecule has 0 radical (unpaired) electrons. The quantitative estimate of drug-likeness (QED) is 0.794. The number of hydrogen-bond acceptors (Lipinski definition) is 1. The summed E-state index contributed by atoms with van der Waals surface area (Å²) < 4.78 is 37.4. The first-order valence-corrected chi connectivity index (χ1v) is 5.07. The van der Waals surface area contributed by atoms with E-state index in [9.17, 15) is 18.0 Å². The highest BCUT2D eigenvalue weighted by Crippen LogP contribution is 2.31. The van der Waals surface area contributed by atoms with E-state index in [1.807, 2.05) is 0 Å². The lowest BCUT2D eigenvalue weighted by Crippen LogP contribution is -2.08. The first-order valence-electron chi connectivity index (χ1n) is 4.28. The predicted octanol–water partition coefficient (Wildman–Crippen LogP) is 3.31. The van der Waals surface area contributed by atoms with Crippen molar-refractivity contribution in [2.24, 2.45) is 0 Å². The Kier molecular flexibility index (Phi) is 2.53. The maximum Gasteiger partial charge on any atom is 0.416 e. The summed E-state index contributed by atoms with van der Waals surface area (Å²) in [7, 11) is 0. The molecule has 0 aliphatic heterocycles. The summed E-state index contributed by atoms with van der Waals surface area (Å²) in [5.41, 5.74) is -0.729. The Balaban J connectivity index is 2.72. The second kappa shape index (κ2) is 3.62. The summed E-state index contributed by atoms with van der Waals surface area (Å²) in [6.07, 6.45) is -4.38. The van der Waals surface area contributed by atoms with Gasteiger partial charge >= 0.3 is 6.18 Å². The van der Waals surface area contributed by atoms with Gasteiger partial charge < -0.3 is 4.98 Å². The van der Waals surface area contributed by atoms with Crippen LogP contribution in [0.5, 0.6) is 0 Å². The standard InChI is InChI=1S/C10H5BrF3NO/c11-7-4-5-3-6(10(12,13)14)1-2-8(5)15-9(7)16/h1-4H,(H,15,16). The van der Waals surface area contributed by atoms with E-state index < -0.39 is 11.7 Å². The monoisotopic (exact) mass is 291 g/mol. The number of benzene rings is 1. The van der Waals surface area contributed by atoms with Gasteiger partial charge in [0.2, 0.25) is 0 Å². The molecule has 0 aliphatic rings. The van der Waals surface area contributed by atoms with E-state index in [4.69, 9.17) is 0 Å². The fraction of sp³-hybridized carbons (Fsp3) is 0.100. The number of alkyl halides is 3. The third-order valence-corrected chi connectivity index (χ3v) is 2.72. The molecule has 1 heterocycles. The maximum atomic E-state index is 12.4. The minimum atomic E-state index is -4.38. The highest BCUT2D eigenvalue weighted by molar-refractivity contribution is 9.10. The molecule has 0 aliphatic carbocycles. The Bertz CT molecular complexity index is 603. The number of H-pyrrole nitrogens is 1. The van der Waals surface area contributed by atoms with Gasteiger partial charge in [0.15, 0.2) is 0 Å². The molecule has 1 aromatic carbocycles. The van der Waals surface area contributed by atoms with Gasteiger partial charge in [0, 0.05) is 5.52 Å². The molecule has 2 nitrogen and oxygen atoms in total. The SMILES string of the molecule is O=c1[nH]c2ccc(C(F)(F)F)cc2cc1Br. The second-order valence-electron chi connectivity index (χ2n) is 3.25. The van der Waals surface area contributed by atoms with Crippen LogP contribution in [0, 0.1) is 0 Å². The van der Waals surface area contributed by atoms with Gasteiger partial charge in [0.1, 0.15) is 0 Å². The highest BCUT2D eigenvalue weighted by atomic mass is 79.9. The number of fused-ring (bicyclic) bond motifs is 1. The molecule has 0 unspecified atom stereocenters. The zero-order chi connectivity index (χ0) is 11.9. The van der Waals surface area contributed by atoms with Crippen molar-refractivity contribution in [2.45, 2.75) is 6.18 Å². The van der Waals surface area contributed by atoms with E-state index in [2.05, 4.69) is 20.9 Å². The lowest BCUT2D eigenvalue weighted by molar-refractivity contribution is -0.137. The van der Waals surface area contributed by atoms with Crippen LogP contribution in [0.3, 0.4) is 0 Å². The Hall–Kier alpha value is -1.30. The van der Waals surface area contributed by atoms with Gasteiger partial charge in [0.05, 0.1) is 10.0 Å². The van der Waals surface area contributed by atoms with Crippen molar-refractivity contribution in [3.8, 4) is 0 Å². The lowest BCUT2D eigenvalue weighted by Gasteiger charge is -2.07. The van der Waals surface area contributed by atoms with Crippen LogP contribution in [0.15, 0.2) is 33.5 Å². The Morgan fingerprint density at radius 2 is 1.88 bits per heavy atom. The molecule has 0 saturated heterocycles. The molecule has 0 atom stereocenters. The van der Waals surface area contributed by atoms with Gasteiger partial charge in [-0.3, -0.25) is 4.79 Å². The molecule has 1 N–H and O–H groups in total. The topological polar surface area (TPSA) is 32.9 Å². The summed E-state index contributed by atoms with van der Waals surface area (Å²) in [6, 6.07) is 4.54. The summed E-state index contributed by atoms with van der Waals surface area (Å²) in [4.78, 5) is 13.7. The minimum absolute atomic E-state index is 0.208. The van der Waals surface area contributed by atoms with Gasteiger partial charge in [-0.1, -0.05) is 0 Å². The summed E-state index contributed by atoms with van der Waals surface area (Å²) in [5, 5.41) is 0.335. The van der Waals surface area contributed by atoms with Crippen LogP contribution in [-0.2, 0) is 6.18 Å². The van der Waals surface area contributed by atoms with Crippen LogP contribution in [0.2, 0.25) is 0 Å². The van der Waals surface area contributed by atoms with Crippen molar-refractivity contribution in [3.63, 3.8) is 0 Å². The number of pyridine rings is 1. The lowest BCUT2D eigenvalue weighted by atomic mass is 10.1. The summed E-state index contributed by atoms with van der Waals surface area (Å²) in [6.45, 7) is 0. The third-order valence-electron chi connectivity index (χ3n) is 2.13. The van der Waals surface area contributed by atoms with Crippen LogP contribution in [0.4, 0.5) is 13.2 Å². The molecule has 0 spiro atoms. The summed E-state index contributed by atoms with van der Waals surface area (Å²) in [5.74, 6) is 0. The minimum Gasteiger partial charge on any atom is -0.321 e. The van der Waals surface area contributed by atoms with Gasteiger partial charge in [-0.25, -0.2) is 0 Å². The van der Waals surface area contributed by atoms with E-state index in [0.29, 0.717) is 10.9 Å². The first-order chi connectivity index (χ1) is 7.38. The zero-order valence-corrected chi connectivity index (χ0v) is 9.32. The molecule has 2 aromatic rings. The van der Waals surface area contributed by atoms with Crippen molar-refractivity contribution in [1.29, 1.82) is 0 Å². The molecule has 0 fully saturated rings. The normalized spacial score (nSPS) is 12.0. The smallest absolute Gasteiger partial charge is 0.321 e. The van der Waals surface area contributed by atoms with E-state index in [1.165, 1.54) is 12.1 Å². The number of aromatic nitrogens is 1. The van der Waals surface area contributed by atoms with Crippen LogP contribution in [-0.4, -0.2) is 4.98 Å². The van der Waals surface area contributed by atoms with Crippen LogP contribution in [0.1, 0.15) is 5.56 Å². The number of rotatable bonds is 0. The molecule has 0 saturated carbocycles. The van der Waals surface area contributed by atoms with Crippen LogP contribution < -0.4 is 5.56 Å². The van der Waals surface area contributed by atoms with Crippen LogP contribution >= 0.6 is 15.9 Å². The Morgan fingerprint density at radius 3 is 2.50 bits per heavy atom. The zero-order valence-electron chi connectivity index (χ0n) is 7.73. The molecular formula is C10H5BrF3NO. The Labute approximate surface area is 96.2 Å². The van der Waals surface area contributed by atoms with Crippen molar-refractivity contribution < 1.29 is 13.2 Å². The van der Waals surface area contributed by atoms with Crippen molar-refractivity contribution in [3.05, 3.63) is 44.7 Å². The van der Waals surface area contributed by atoms with Gasteiger partial charge in [-0.2, -0.15) is 13.2 Å². The largest absolute Gasteiger partial charge is 0.416 e. The van der Waals surface area contributed by atoms with Crippen molar-refractivity contribution in [1.82, 2.24) is 4.98 Å². The first kappa shape index (κ1) is 11.2. The molecule has 84 valence electrons. The average Bonchev–Trinajstić information content (AvgIpc) is 2.17. The van der Waals surface area contributed by atoms with Gasteiger partial charge in [-0.05, 0) is 45.6 Å². The van der Waals surface area contributed by atoms with E-state index in [1.54, 1.807) is 0 Å². The van der Waals surface area contributed by atoms with E-state index in [-0.39, 0.29) is 10.0 Å². The van der Waals surface area contributed by atoms with E-state index in [0.717, 1.165) is 12.1 Å². The molecule has 0 amide bonds. The maximum absolute atomic E-state index is 12.4. The van der Waals surface area contributed by atoms with E-state index >= 15 is 0 Å². The van der Waals surface area contributed by atoms with Gasteiger partial charge in [-0.15, -0.1) is 0 Å². The highest BCUT2D eigenvalue weighted by Gasteiger charge is 2.30. The van der Waals surface area contributed by atoms with Crippen molar-refractivity contribution >= 4 is 26.8 Å². The number of hydrogen-bond donors (Lipinski definition) is 1. The van der Waals surface area contributed by atoms with Crippen LogP contribution in [0.25, 0.3) is 10.9 Å². The van der Waals surface area contributed by atoms with Gasteiger partial charge in [0.25, 0.3) is 5.56 Å². The number of nitrogens with one attached hydrogen (secondary N) is 1. The second-order valence-corrected chi connectivity index (χ2v) is 4.10. The number of halogens is 4. The fourth-order valence-corrected chi connectivity index (χ4v) is 1.70. The number of aromatic amines is 1. The fourth-order valence-electron chi connectivity index (χ4n) is 1.36. The molecule has 6 heteroatoms. The Morgan fingerprint density at radius 1 is 1.19 bits per heavy atom. The molecular weight excluding hydrogens is 287 g/mol.